The van der Waals surface area contributed by atoms with Gasteiger partial charge in [0, 0.05) is 5.56 Å². The quantitative estimate of drug-likeness (QED) is 0.559. The molecule has 3 aromatic rings. The SMILES string of the molecule is COC(=O)c1ccc(Nc2ccc(-c3ccc(C)cc3)nn2)c(O)c1. The summed E-state index contributed by atoms with van der Waals surface area (Å²) in [6.45, 7) is 2.03. The van der Waals surface area contributed by atoms with Crippen molar-refractivity contribution < 1.29 is 14.6 Å². The Hall–Kier alpha value is -3.41. The number of nitrogens with one attached hydrogen (secondary N) is 1. The molecule has 25 heavy (non-hydrogen) atoms. The second-order valence-corrected chi connectivity index (χ2v) is 5.52. The molecular formula is C19H17N3O3. The molecule has 2 N–H and O–H groups in total. The van der Waals surface area contributed by atoms with Gasteiger partial charge in [-0.05, 0) is 37.3 Å². The number of benzene rings is 2. The minimum atomic E-state index is -0.510. The van der Waals surface area contributed by atoms with Gasteiger partial charge in [-0.15, -0.1) is 10.2 Å². The highest BCUT2D eigenvalue weighted by atomic mass is 16.5. The first-order chi connectivity index (χ1) is 12.1. The number of phenolic OH excluding ortho intramolecular Hbond substituents is 1. The number of ether oxygens (including phenoxy) is 1. The largest absolute Gasteiger partial charge is 0.506 e. The summed E-state index contributed by atoms with van der Waals surface area (Å²) in [5.74, 6) is -0.103. The summed E-state index contributed by atoms with van der Waals surface area (Å²) < 4.78 is 4.62. The molecule has 6 nitrogen and oxygen atoms in total. The number of esters is 1. The Labute approximate surface area is 145 Å². The lowest BCUT2D eigenvalue weighted by atomic mass is 10.1. The fourth-order valence-corrected chi connectivity index (χ4v) is 2.30. The fraction of sp³-hybridized carbons (Fsp3) is 0.105. The van der Waals surface area contributed by atoms with Crippen molar-refractivity contribution in [2.24, 2.45) is 0 Å². The maximum atomic E-state index is 11.5. The lowest BCUT2D eigenvalue weighted by Crippen LogP contribution is -2.02. The molecule has 0 saturated heterocycles. The Balaban J connectivity index is 1.77. The molecule has 0 radical (unpaired) electrons. The van der Waals surface area contributed by atoms with E-state index in [2.05, 4.69) is 20.3 Å². The highest BCUT2D eigenvalue weighted by Crippen LogP contribution is 2.27. The Bertz CT molecular complexity index is 891. The van der Waals surface area contributed by atoms with Crippen molar-refractivity contribution in [1.29, 1.82) is 0 Å². The molecule has 0 saturated carbocycles. The molecule has 0 unspecified atom stereocenters. The summed E-state index contributed by atoms with van der Waals surface area (Å²) in [7, 11) is 1.29. The van der Waals surface area contributed by atoms with E-state index in [9.17, 15) is 9.90 Å². The van der Waals surface area contributed by atoms with Crippen LogP contribution >= 0.6 is 0 Å². The summed E-state index contributed by atoms with van der Waals surface area (Å²) in [6.07, 6.45) is 0. The number of carbonyl (C=O) groups is 1. The van der Waals surface area contributed by atoms with Crippen LogP contribution in [0.3, 0.4) is 0 Å². The first-order valence-corrected chi connectivity index (χ1v) is 7.66. The Morgan fingerprint density at radius 2 is 1.80 bits per heavy atom. The van der Waals surface area contributed by atoms with Crippen molar-refractivity contribution in [3.63, 3.8) is 0 Å². The first kappa shape index (κ1) is 16.4. The molecule has 0 spiro atoms. The number of hydrogen-bond acceptors (Lipinski definition) is 6. The van der Waals surface area contributed by atoms with Gasteiger partial charge in [0.1, 0.15) is 5.75 Å². The number of nitrogens with zero attached hydrogens (tertiary/aromatic N) is 2. The minimum Gasteiger partial charge on any atom is -0.506 e. The molecule has 6 heteroatoms. The second kappa shape index (κ2) is 7.00. The van der Waals surface area contributed by atoms with Crippen LogP contribution in [0.2, 0.25) is 0 Å². The van der Waals surface area contributed by atoms with Crippen LogP contribution in [-0.2, 0) is 4.74 Å². The third kappa shape index (κ3) is 3.74. The lowest BCUT2D eigenvalue weighted by molar-refractivity contribution is 0.0600. The van der Waals surface area contributed by atoms with E-state index in [0.29, 0.717) is 11.5 Å². The van der Waals surface area contributed by atoms with Crippen LogP contribution < -0.4 is 5.32 Å². The van der Waals surface area contributed by atoms with E-state index in [0.717, 1.165) is 11.3 Å². The molecule has 0 bridgehead atoms. The zero-order chi connectivity index (χ0) is 17.8. The molecule has 0 aliphatic carbocycles. The summed E-state index contributed by atoms with van der Waals surface area (Å²) in [5, 5.41) is 21.3. The van der Waals surface area contributed by atoms with E-state index < -0.39 is 5.97 Å². The molecular weight excluding hydrogens is 318 g/mol. The number of carbonyl (C=O) groups excluding carboxylic acids is 1. The monoisotopic (exact) mass is 335 g/mol. The topological polar surface area (TPSA) is 84.3 Å². The highest BCUT2D eigenvalue weighted by Gasteiger charge is 2.10. The molecule has 0 amide bonds. The smallest absolute Gasteiger partial charge is 0.337 e. The van der Waals surface area contributed by atoms with Crippen molar-refractivity contribution in [2.45, 2.75) is 6.92 Å². The molecule has 1 aromatic heterocycles. The molecule has 1 heterocycles. The molecule has 0 fully saturated rings. The van der Waals surface area contributed by atoms with Crippen LogP contribution in [0.5, 0.6) is 5.75 Å². The third-order valence-corrected chi connectivity index (χ3v) is 3.69. The van der Waals surface area contributed by atoms with E-state index >= 15 is 0 Å². The summed E-state index contributed by atoms with van der Waals surface area (Å²) in [6, 6.07) is 16.1. The van der Waals surface area contributed by atoms with Gasteiger partial charge >= 0.3 is 5.97 Å². The van der Waals surface area contributed by atoms with E-state index in [-0.39, 0.29) is 11.3 Å². The summed E-state index contributed by atoms with van der Waals surface area (Å²) in [5.41, 5.74) is 3.61. The molecule has 0 atom stereocenters. The van der Waals surface area contributed by atoms with Crippen LogP contribution in [0.1, 0.15) is 15.9 Å². The predicted molar refractivity (Wildman–Crippen MR) is 94.9 cm³/mol. The molecule has 0 aliphatic heterocycles. The maximum absolute atomic E-state index is 11.5. The number of anilines is 2. The van der Waals surface area contributed by atoms with Crippen molar-refractivity contribution >= 4 is 17.5 Å². The van der Waals surface area contributed by atoms with E-state index in [1.807, 2.05) is 37.3 Å². The summed E-state index contributed by atoms with van der Waals surface area (Å²) in [4.78, 5) is 11.5. The third-order valence-electron chi connectivity index (χ3n) is 3.69. The number of hydrogen-bond donors (Lipinski definition) is 2. The molecule has 2 aromatic carbocycles. The van der Waals surface area contributed by atoms with E-state index in [4.69, 9.17) is 0 Å². The molecule has 3 rings (SSSR count). The van der Waals surface area contributed by atoms with E-state index in [1.54, 1.807) is 18.2 Å². The molecule has 0 aliphatic rings. The standard InChI is InChI=1S/C19H17N3O3/c1-12-3-5-13(6-4-12)15-9-10-18(22-21-15)20-16-8-7-14(11-17(16)23)19(24)25-2/h3-11,23H,1-2H3,(H,20,22). The van der Waals surface area contributed by atoms with Crippen LogP contribution in [0, 0.1) is 6.92 Å². The van der Waals surface area contributed by atoms with E-state index in [1.165, 1.54) is 18.7 Å². The average molecular weight is 335 g/mol. The van der Waals surface area contributed by atoms with Crippen molar-refractivity contribution in [3.8, 4) is 17.0 Å². The van der Waals surface area contributed by atoms with Gasteiger partial charge in [0.15, 0.2) is 5.82 Å². The average Bonchev–Trinajstić information content (AvgIpc) is 2.64. The van der Waals surface area contributed by atoms with Crippen molar-refractivity contribution in [3.05, 3.63) is 65.7 Å². The predicted octanol–water partition coefficient (Wildman–Crippen LogP) is 3.69. The Morgan fingerprint density at radius 3 is 2.40 bits per heavy atom. The number of aromatic hydroxyl groups is 1. The number of rotatable bonds is 4. The minimum absolute atomic E-state index is 0.0766. The summed E-state index contributed by atoms with van der Waals surface area (Å²) >= 11 is 0. The fourth-order valence-electron chi connectivity index (χ4n) is 2.30. The van der Waals surface area contributed by atoms with Crippen LogP contribution in [0.4, 0.5) is 11.5 Å². The lowest BCUT2D eigenvalue weighted by Gasteiger charge is -2.09. The number of methoxy groups -OCH3 is 1. The van der Waals surface area contributed by atoms with Gasteiger partial charge in [-0.2, -0.15) is 0 Å². The van der Waals surface area contributed by atoms with Gasteiger partial charge in [-0.25, -0.2) is 4.79 Å². The van der Waals surface area contributed by atoms with Crippen molar-refractivity contribution in [1.82, 2.24) is 10.2 Å². The van der Waals surface area contributed by atoms with Gasteiger partial charge in [-0.3, -0.25) is 0 Å². The number of phenols is 1. The number of aryl methyl sites for hydroxylation is 1. The zero-order valence-electron chi connectivity index (χ0n) is 13.9. The maximum Gasteiger partial charge on any atom is 0.337 e. The first-order valence-electron chi connectivity index (χ1n) is 7.66. The van der Waals surface area contributed by atoms with Gasteiger partial charge < -0.3 is 15.2 Å². The van der Waals surface area contributed by atoms with Crippen LogP contribution in [-0.4, -0.2) is 28.4 Å². The van der Waals surface area contributed by atoms with Crippen LogP contribution in [0.25, 0.3) is 11.3 Å². The highest BCUT2D eigenvalue weighted by molar-refractivity contribution is 5.90. The van der Waals surface area contributed by atoms with Gasteiger partial charge in [0.25, 0.3) is 0 Å². The van der Waals surface area contributed by atoms with Gasteiger partial charge in [0.05, 0.1) is 24.1 Å². The van der Waals surface area contributed by atoms with Crippen molar-refractivity contribution in [2.75, 3.05) is 12.4 Å². The van der Waals surface area contributed by atoms with Gasteiger partial charge in [-0.1, -0.05) is 29.8 Å². The Morgan fingerprint density at radius 1 is 1.04 bits per heavy atom. The Kier molecular flexibility index (Phi) is 4.61. The van der Waals surface area contributed by atoms with Crippen LogP contribution in [0.15, 0.2) is 54.6 Å². The van der Waals surface area contributed by atoms with Gasteiger partial charge in [0.2, 0.25) is 0 Å². The zero-order valence-corrected chi connectivity index (χ0v) is 13.9. The molecule has 126 valence electrons. The number of aromatic nitrogens is 2. The second-order valence-electron chi connectivity index (χ2n) is 5.52. The normalized spacial score (nSPS) is 10.3.